The number of aliphatic hydroxyl groups excluding tert-OH is 1. The van der Waals surface area contributed by atoms with E-state index >= 15 is 0 Å². The summed E-state index contributed by atoms with van der Waals surface area (Å²) in [5, 5.41) is 13.2. The van der Waals surface area contributed by atoms with E-state index in [1.54, 1.807) is 12.4 Å². The van der Waals surface area contributed by atoms with Gasteiger partial charge in [-0.2, -0.15) is 0 Å². The Hall–Kier alpha value is -1.65. The molecule has 0 amide bonds. The van der Waals surface area contributed by atoms with Crippen molar-refractivity contribution < 1.29 is 5.11 Å². The van der Waals surface area contributed by atoms with Crippen molar-refractivity contribution >= 4 is 17.4 Å². The van der Waals surface area contributed by atoms with Crippen LogP contribution >= 0.6 is 11.6 Å². The Morgan fingerprint density at radius 1 is 1.30 bits per heavy atom. The topological polar surface area (TPSA) is 58.0 Å². The smallest absolute Gasteiger partial charge is 0.145 e. The third kappa shape index (κ3) is 3.68. The van der Waals surface area contributed by atoms with Crippen LogP contribution in [0.15, 0.2) is 36.7 Å². The maximum atomic E-state index is 9.35. The van der Waals surface area contributed by atoms with Gasteiger partial charge in [-0.05, 0) is 18.1 Å². The summed E-state index contributed by atoms with van der Waals surface area (Å²) in [7, 11) is 0. The molecule has 0 bridgehead atoms. The molecule has 0 radical (unpaired) electrons. The number of nitrogens with zero attached hydrogens (tertiary/aromatic N) is 2. The van der Waals surface area contributed by atoms with Gasteiger partial charge in [-0.25, -0.2) is 4.98 Å². The van der Waals surface area contributed by atoms with Crippen LogP contribution in [0.25, 0.3) is 11.3 Å². The Kier molecular flexibility index (Phi) is 4.93. The molecule has 0 aliphatic carbocycles. The molecule has 1 atom stereocenters. The van der Waals surface area contributed by atoms with Gasteiger partial charge >= 0.3 is 0 Å². The first-order valence-electron chi connectivity index (χ1n) is 6.55. The molecule has 0 unspecified atom stereocenters. The number of benzene rings is 1. The predicted octanol–water partition coefficient (Wildman–Crippen LogP) is 3.23. The summed E-state index contributed by atoms with van der Waals surface area (Å²) in [6, 6.07) is 7.44. The molecular formula is C15H18ClN3O. The number of aromatic nitrogens is 2. The fraction of sp³-hybridized carbons (Fsp3) is 0.333. The normalized spacial score (nSPS) is 12.4. The zero-order chi connectivity index (χ0) is 14.5. The van der Waals surface area contributed by atoms with Gasteiger partial charge in [0.2, 0.25) is 0 Å². The van der Waals surface area contributed by atoms with Gasteiger partial charge in [0.25, 0.3) is 0 Å². The molecule has 4 nitrogen and oxygen atoms in total. The van der Waals surface area contributed by atoms with Crippen LogP contribution in [-0.2, 0) is 0 Å². The molecule has 2 N–H and O–H groups in total. The summed E-state index contributed by atoms with van der Waals surface area (Å²) in [4.78, 5) is 8.70. The van der Waals surface area contributed by atoms with Crippen LogP contribution in [0.3, 0.4) is 0 Å². The number of aliphatic hydroxyl groups is 1. The summed E-state index contributed by atoms with van der Waals surface area (Å²) < 4.78 is 0. The van der Waals surface area contributed by atoms with Crippen LogP contribution in [0, 0.1) is 5.92 Å². The van der Waals surface area contributed by atoms with E-state index in [-0.39, 0.29) is 12.6 Å². The number of hydrogen-bond donors (Lipinski definition) is 2. The lowest BCUT2D eigenvalue weighted by molar-refractivity contribution is 0.249. The fourth-order valence-electron chi connectivity index (χ4n) is 1.84. The van der Waals surface area contributed by atoms with Gasteiger partial charge < -0.3 is 10.4 Å². The molecule has 1 aromatic heterocycles. The molecule has 106 valence electrons. The first-order chi connectivity index (χ1) is 9.60. The van der Waals surface area contributed by atoms with E-state index in [1.807, 2.05) is 38.1 Å². The minimum atomic E-state index is -0.0427. The van der Waals surface area contributed by atoms with Gasteiger partial charge in [0.05, 0.1) is 30.7 Å². The van der Waals surface area contributed by atoms with Crippen LogP contribution in [-0.4, -0.2) is 27.7 Å². The van der Waals surface area contributed by atoms with Gasteiger partial charge in [0.1, 0.15) is 5.82 Å². The summed E-state index contributed by atoms with van der Waals surface area (Å²) in [5.41, 5.74) is 1.66. The molecule has 0 saturated carbocycles. The first kappa shape index (κ1) is 14.8. The van der Waals surface area contributed by atoms with Crippen LogP contribution < -0.4 is 5.32 Å². The van der Waals surface area contributed by atoms with E-state index in [0.717, 1.165) is 11.3 Å². The number of hydrogen-bond acceptors (Lipinski definition) is 4. The molecule has 0 aliphatic heterocycles. The van der Waals surface area contributed by atoms with Gasteiger partial charge in [-0.3, -0.25) is 4.98 Å². The summed E-state index contributed by atoms with van der Waals surface area (Å²) in [6.07, 6.45) is 3.35. The molecule has 0 fully saturated rings. The SMILES string of the molecule is CC(C)[C@H](CO)Nc1cncc(-c2cccc(Cl)c2)n1. The van der Waals surface area contributed by atoms with E-state index in [1.165, 1.54) is 0 Å². The third-order valence-corrected chi connectivity index (χ3v) is 3.32. The van der Waals surface area contributed by atoms with Crippen molar-refractivity contribution in [2.45, 2.75) is 19.9 Å². The third-order valence-electron chi connectivity index (χ3n) is 3.09. The highest BCUT2D eigenvalue weighted by Gasteiger charge is 2.13. The van der Waals surface area contributed by atoms with Crippen LogP contribution in [0.5, 0.6) is 0 Å². The van der Waals surface area contributed by atoms with Gasteiger partial charge in [0.15, 0.2) is 0 Å². The minimum Gasteiger partial charge on any atom is -0.394 e. The van der Waals surface area contributed by atoms with Gasteiger partial charge in [-0.15, -0.1) is 0 Å². The van der Waals surface area contributed by atoms with Crippen molar-refractivity contribution in [1.82, 2.24) is 9.97 Å². The molecule has 0 aliphatic rings. The highest BCUT2D eigenvalue weighted by molar-refractivity contribution is 6.30. The highest BCUT2D eigenvalue weighted by Crippen LogP contribution is 2.21. The lowest BCUT2D eigenvalue weighted by atomic mass is 10.1. The van der Waals surface area contributed by atoms with Crippen molar-refractivity contribution in [3.63, 3.8) is 0 Å². The van der Waals surface area contributed by atoms with E-state index < -0.39 is 0 Å². The maximum absolute atomic E-state index is 9.35. The average molecular weight is 292 g/mol. The summed E-state index contributed by atoms with van der Waals surface area (Å²) in [5.74, 6) is 0.951. The molecule has 2 rings (SSSR count). The van der Waals surface area contributed by atoms with Gasteiger partial charge in [-0.1, -0.05) is 37.6 Å². The average Bonchev–Trinajstić information content (AvgIpc) is 2.45. The highest BCUT2D eigenvalue weighted by atomic mass is 35.5. The molecule has 1 heterocycles. The second kappa shape index (κ2) is 6.68. The minimum absolute atomic E-state index is 0.0427. The summed E-state index contributed by atoms with van der Waals surface area (Å²) >= 11 is 5.99. The number of anilines is 1. The number of nitrogens with one attached hydrogen (secondary N) is 1. The van der Waals surface area contributed by atoms with Crippen molar-refractivity contribution in [3.05, 3.63) is 41.7 Å². The molecule has 5 heteroatoms. The molecule has 0 spiro atoms. The quantitative estimate of drug-likeness (QED) is 0.888. The van der Waals surface area contributed by atoms with E-state index in [4.69, 9.17) is 11.6 Å². The van der Waals surface area contributed by atoms with Crippen molar-refractivity contribution in [1.29, 1.82) is 0 Å². The first-order valence-corrected chi connectivity index (χ1v) is 6.93. The second-order valence-corrected chi connectivity index (χ2v) is 5.41. The lowest BCUT2D eigenvalue weighted by Crippen LogP contribution is -2.29. The van der Waals surface area contributed by atoms with E-state index in [2.05, 4.69) is 15.3 Å². The summed E-state index contributed by atoms with van der Waals surface area (Å²) in [6.45, 7) is 4.14. The van der Waals surface area contributed by atoms with Crippen LogP contribution in [0.4, 0.5) is 5.82 Å². The van der Waals surface area contributed by atoms with E-state index in [9.17, 15) is 5.11 Å². The van der Waals surface area contributed by atoms with Gasteiger partial charge in [0, 0.05) is 10.6 Å². The number of halogens is 1. The lowest BCUT2D eigenvalue weighted by Gasteiger charge is -2.20. The monoisotopic (exact) mass is 291 g/mol. The maximum Gasteiger partial charge on any atom is 0.145 e. The standard InChI is InChI=1S/C15H18ClN3O/c1-10(2)14(9-20)19-15-8-17-7-13(18-15)11-4-3-5-12(16)6-11/h3-8,10,14,20H,9H2,1-2H3,(H,18,19)/t14-/m0/s1. The van der Waals surface area contributed by atoms with Crippen molar-refractivity contribution in [2.24, 2.45) is 5.92 Å². The molecular weight excluding hydrogens is 274 g/mol. The Morgan fingerprint density at radius 3 is 2.75 bits per heavy atom. The fourth-order valence-corrected chi connectivity index (χ4v) is 2.03. The predicted molar refractivity (Wildman–Crippen MR) is 81.8 cm³/mol. The van der Waals surface area contributed by atoms with Crippen LogP contribution in [0.2, 0.25) is 5.02 Å². The molecule has 0 saturated heterocycles. The Bertz CT molecular complexity index is 575. The van der Waals surface area contributed by atoms with Crippen molar-refractivity contribution in [2.75, 3.05) is 11.9 Å². The Morgan fingerprint density at radius 2 is 2.10 bits per heavy atom. The zero-order valence-corrected chi connectivity index (χ0v) is 12.3. The zero-order valence-electron chi connectivity index (χ0n) is 11.5. The largest absolute Gasteiger partial charge is 0.394 e. The van der Waals surface area contributed by atoms with E-state index in [0.29, 0.717) is 16.8 Å². The Labute approximate surface area is 123 Å². The molecule has 1 aromatic carbocycles. The molecule has 2 aromatic rings. The van der Waals surface area contributed by atoms with Crippen LogP contribution in [0.1, 0.15) is 13.8 Å². The number of rotatable bonds is 5. The van der Waals surface area contributed by atoms with Crippen molar-refractivity contribution in [3.8, 4) is 11.3 Å². The second-order valence-electron chi connectivity index (χ2n) is 4.98. The Balaban J connectivity index is 2.24. The molecule has 20 heavy (non-hydrogen) atoms.